The second-order valence-electron chi connectivity index (χ2n) is 7.96. The minimum atomic E-state index is -3.91. The number of aryl methyl sites for hydroxylation is 4. The highest BCUT2D eigenvalue weighted by molar-refractivity contribution is 9.10. The maximum Gasteiger partial charge on any atom is 0.338 e. The zero-order chi connectivity index (χ0) is 24.9. The lowest BCUT2D eigenvalue weighted by molar-refractivity contribution is 0.0698. The molecule has 3 heterocycles. The summed E-state index contributed by atoms with van der Waals surface area (Å²) < 4.78 is 30.2. The van der Waals surface area contributed by atoms with Gasteiger partial charge in [0.15, 0.2) is 0 Å². The summed E-state index contributed by atoms with van der Waals surface area (Å²) in [5, 5.41) is 21.3. The third kappa shape index (κ3) is 4.03. The van der Waals surface area contributed by atoms with E-state index in [1.165, 1.54) is 0 Å². The Balaban J connectivity index is 1.95. The maximum absolute atomic E-state index is 13.3. The summed E-state index contributed by atoms with van der Waals surface area (Å²) in [6.45, 7) is 5.68. The van der Waals surface area contributed by atoms with Crippen molar-refractivity contribution in [2.45, 2.75) is 43.8 Å². The lowest BCUT2D eigenvalue weighted by Crippen LogP contribution is -2.12. The number of rotatable bonds is 7. The molecule has 9 nitrogen and oxygen atoms in total. The van der Waals surface area contributed by atoms with Crippen molar-refractivity contribution in [3.8, 4) is 5.75 Å². The molecule has 0 amide bonds. The predicted octanol–water partition coefficient (Wildman–Crippen LogP) is 4.20. The average molecular weight is 567 g/mol. The van der Waals surface area contributed by atoms with Gasteiger partial charge >= 0.3 is 5.97 Å². The van der Waals surface area contributed by atoms with Crippen LogP contribution in [0.25, 0.3) is 10.9 Å². The van der Waals surface area contributed by atoms with Crippen molar-refractivity contribution in [3.05, 3.63) is 56.1 Å². The van der Waals surface area contributed by atoms with E-state index < -0.39 is 21.6 Å². The van der Waals surface area contributed by atoms with E-state index in [1.54, 1.807) is 41.6 Å². The van der Waals surface area contributed by atoms with Crippen LogP contribution in [0.1, 0.15) is 44.9 Å². The third-order valence-corrected chi connectivity index (χ3v) is 9.61. The summed E-state index contributed by atoms with van der Waals surface area (Å²) in [6.07, 6.45) is 3.95. The Bertz CT molecular complexity index is 1550. The molecular formula is C22H23BrN4O5S2. The van der Waals surface area contributed by atoms with Gasteiger partial charge in [-0.15, -0.1) is 11.3 Å². The number of thiazole rings is 1. The van der Waals surface area contributed by atoms with Crippen LogP contribution in [-0.4, -0.2) is 43.7 Å². The van der Waals surface area contributed by atoms with Crippen LogP contribution in [0.3, 0.4) is 0 Å². The first-order valence-electron chi connectivity index (χ1n) is 10.4. The number of fused-ring (bicyclic) bond motifs is 1. The van der Waals surface area contributed by atoms with E-state index in [9.17, 15) is 23.4 Å². The van der Waals surface area contributed by atoms with Crippen molar-refractivity contribution < 1.29 is 23.4 Å². The van der Waals surface area contributed by atoms with Crippen molar-refractivity contribution in [1.82, 2.24) is 19.1 Å². The summed E-state index contributed by atoms with van der Waals surface area (Å²) in [5.74, 6) is -1.22. The van der Waals surface area contributed by atoms with Gasteiger partial charge in [0, 0.05) is 41.0 Å². The number of aromatic hydroxyl groups is 1. The molecule has 4 rings (SSSR count). The van der Waals surface area contributed by atoms with Crippen LogP contribution in [0.2, 0.25) is 0 Å². The van der Waals surface area contributed by atoms with Crippen molar-refractivity contribution in [2.75, 3.05) is 0 Å². The molecule has 34 heavy (non-hydrogen) atoms. The number of hydrogen-bond donors (Lipinski definition) is 2. The molecular weight excluding hydrogens is 544 g/mol. The van der Waals surface area contributed by atoms with Gasteiger partial charge in [0.2, 0.25) is 14.2 Å². The van der Waals surface area contributed by atoms with Crippen LogP contribution < -0.4 is 0 Å². The van der Waals surface area contributed by atoms with Crippen LogP contribution in [0.15, 0.2) is 27.3 Å². The van der Waals surface area contributed by atoms with Crippen LogP contribution >= 0.6 is 27.3 Å². The quantitative estimate of drug-likeness (QED) is 0.343. The highest BCUT2D eigenvalue weighted by Gasteiger charge is 2.31. The fourth-order valence-corrected chi connectivity index (χ4v) is 7.39. The molecule has 2 N–H and O–H groups in total. The van der Waals surface area contributed by atoms with Gasteiger partial charge < -0.3 is 19.3 Å². The number of aromatic carboxylic acids is 1. The number of carboxylic acids is 1. The largest absolute Gasteiger partial charge is 0.506 e. The lowest BCUT2D eigenvalue weighted by atomic mass is 10.0. The van der Waals surface area contributed by atoms with Crippen LogP contribution in [-0.2, 0) is 35.6 Å². The highest BCUT2D eigenvalue weighted by atomic mass is 79.9. The van der Waals surface area contributed by atoms with Crippen LogP contribution in [0.5, 0.6) is 5.75 Å². The molecule has 0 aliphatic rings. The number of benzene rings is 1. The van der Waals surface area contributed by atoms with Crippen molar-refractivity contribution in [1.29, 1.82) is 0 Å². The zero-order valence-electron chi connectivity index (χ0n) is 19.0. The summed E-state index contributed by atoms with van der Waals surface area (Å²) in [7, 11) is -2.28. The first-order valence-corrected chi connectivity index (χ1v) is 13.6. The molecule has 3 aromatic heterocycles. The topological polar surface area (TPSA) is 127 Å². The molecule has 1 aromatic carbocycles. The number of hydrogen-bond acceptors (Lipinski definition) is 7. The molecule has 0 spiro atoms. The summed E-state index contributed by atoms with van der Waals surface area (Å²) >= 11 is 4.44. The first kappa shape index (κ1) is 24.4. The summed E-state index contributed by atoms with van der Waals surface area (Å²) in [6, 6.07) is 1.60. The van der Waals surface area contributed by atoms with Gasteiger partial charge in [0.05, 0.1) is 33.5 Å². The molecule has 0 aliphatic carbocycles. The Hall–Kier alpha value is -2.70. The van der Waals surface area contributed by atoms with Gasteiger partial charge in [0.1, 0.15) is 11.6 Å². The number of carboxylic acid groups (broad SMARTS) is 1. The van der Waals surface area contributed by atoms with E-state index in [2.05, 4.69) is 25.9 Å². The van der Waals surface area contributed by atoms with E-state index in [1.807, 2.05) is 13.8 Å². The van der Waals surface area contributed by atoms with Gasteiger partial charge in [0.25, 0.3) is 0 Å². The number of phenolic OH excluding ortho intramolecular Hbond substituents is 1. The fourth-order valence-electron chi connectivity index (χ4n) is 4.08. The molecule has 0 atom stereocenters. The lowest BCUT2D eigenvalue weighted by Gasteiger charge is -2.12. The van der Waals surface area contributed by atoms with Gasteiger partial charge in [-0.2, -0.15) is 0 Å². The SMILES string of the molecule is CCc1nc(S(=O)(=O)Cc2c(C(=O)O)c3c(Cn4ccnc4C)c(O)c(Br)cc3n2C)sc1C. The standard InChI is InChI=1S/C22H23BrN4O5S2/c1-5-15-11(2)33-22(25-15)34(31,32)10-17-19(21(29)30)18-13(9-27-7-6-24-12(27)3)20(28)14(23)8-16(18)26(17)4/h6-8,28H,5,9-10H2,1-4H3,(H,29,30). The molecule has 0 saturated carbocycles. The number of aromatic nitrogens is 4. The van der Waals surface area contributed by atoms with Crippen molar-refractivity contribution in [2.24, 2.45) is 7.05 Å². The highest BCUT2D eigenvalue weighted by Crippen LogP contribution is 2.40. The molecule has 0 unspecified atom stereocenters. The number of nitrogens with zero attached hydrogens (tertiary/aromatic N) is 4. The number of sulfone groups is 1. The Morgan fingerprint density at radius 1 is 1.29 bits per heavy atom. The Labute approximate surface area is 208 Å². The van der Waals surface area contributed by atoms with Crippen LogP contribution in [0.4, 0.5) is 0 Å². The maximum atomic E-state index is 13.3. The Morgan fingerprint density at radius 3 is 2.56 bits per heavy atom. The van der Waals surface area contributed by atoms with Crippen LogP contribution in [0, 0.1) is 13.8 Å². The van der Waals surface area contributed by atoms with Crippen molar-refractivity contribution >= 4 is 54.0 Å². The smallest absolute Gasteiger partial charge is 0.338 e. The number of halogens is 1. The van der Waals surface area contributed by atoms with Gasteiger partial charge in [-0.25, -0.2) is 23.2 Å². The Morgan fingerprint density at radius 2 is 2.00 bits per heavy atom. The second-order valence-corrected chi connectivity index (χ2v) is 12.2. The number of phenols is 1. The normalized spacial score (nSPS) is 12.0. The molecule has 0 radical (unpaired) electrons. The number of carbonyl (C=O) groups is 1. The first-order chi connectivity index (χ1) is 16.0. The monoisotopic (exact) mass is 566 g/mol. The third-order valence-electron chi connectivity index (χ3n) is 5.90. The molecule has 4 aromatic rings. The summed E-state index contributed by atoms with van der Waals surface area (Å²) in [4.78, 5) is 21.7. The predicted molar refractivity (Wildman–Crippen MR) is 132 cm³/mol. The molecule has 0 aliphatic heterocycles. The molecule has 180 valence electrons. The average Bonchev–Trinajstić information content (AvgIpc) is 3.42. The van der Waals surface area contributed by atoms with Gasteiger partial charge in [-0.05, 0) is 42.3 Å². The van der Waals surface area contributed by atoms with E-state index in [0.29, 0.717) is 38.9 Å². The number of imidazole rings is 1. The van der Waals surface area contributed by atoms with E-state index in [-0.39, 0.29) is 27.9 Å². The fraction of sp³-hybridized carbons (Fsp3) is 0.318. The molecule has 12 heteroatoms. The Kier molecular flexibility index (Phi) is 6.34. The minimum Gasteiger partial charge on any atom is -0.506 e. The van der Waals surface area contributed by atoms with E-state index in [4.69, 9.17) is 0 Å². The molecule has 0 bridgehead atoms. The minimum absolute atomic E-state index is 0.0262. The zero-order valence-corrected chi connectivity index (χ0v) is 22.2. The van der Waals surface area contributed by atoms with Gasteiger partial charge in [-0.1, -0.05) is 6.92 Å². The van der Waals surface area contributed by atoms with Gasteiger partial charge in [-0.3, -0.25) is 0 Å². The molecule has 0 fully saturated rings. The second kappa shape index (κ2) is 8.82. The van der Waals surface area contributed by atoms with Crippen molar-refractivity contribution in [3.63, 3.8) is 0 Å². The molecule has 0 saturated heterocycles. The van der Waals surface area contributed by atoms with E-state index >= 15 is 0 Å². The summed E-state index contributed by atoms with van der Waals surface area (Å²) in [5.41, 5.74) is 1.53. The van der Waals surface area contributed by atoms with E-state index in [0.717, 1.165) is 16.2 Å².